The zero-order valence-electron chi connectivity index (χ0n) is 9.77. The molecule has 102 valence electrons. The third-order valence-electron chi connectivity index (χ3n) is 2.48. The van der Waals surface area contributed by atoms with Crippen LogP contribution in [0.15, 0.2) is 33.9 Å². The molecule has 0 amide bonds. The van der Waals surface area contributed by atoms with Gasteiger partial charge in [-0.15, -0.1) is 0 Å². The van der Waals surface area contributed by atoms with E-state index in [-0.39, 0.29) is 10.8 Å². The van der Waals surface area contributed by atoms with Gasteiger partial charge in [-0.3, -0.25) is 0 Å². The van der Waals surface area contributed by atoms with Crippen LogP contribution in [-0.4, -0.2) is 18.0 Å². The summed E-state index contributed by atoms with van der Waals surface area (Å²) in [6.07, 6.45) is 1.33. The number of rotatable bonds is 3. The Morgan fingerprint density at radius 1 is 1.42 bits per heavy atom. The maximum Gasteiger partial charge on any atom is 0.280 e. The lowest BCUT2D eigenvalue weighted by molar-refractivity contribution is 0.606. The summed E-state index contributed by atoms with van der Waals surface area (Å²) in [5.74, 6) is 0.118. The highest BCUT2D eigenvalue weighted by Gasteiger charge is 2.16. The van der Waals surface area contributed by atoms with Gasteiger partial charge in [0.25, 0.3) is 9.05 Å². The topological polar surface area (TPSA) is 52.0 Å². The first-order valence-corrected chi connectivity index (χ1v) is 8.29. The van der Waals surface area contributed by atoms with Crippen molar-refractivity contribution in [2.24, 2.45) is 0 Å². The number of nitrogens with zero attached hydrogens (tertiary/aromatic N) is 2. The van der Waals surface area contributed by atoms with Crippen molar-refractivity contribution >= 4 is 35.7 Å². The Balaban J connectivity index is 2.36. The average Bonchev–Trinajstić information content (AvgIpc) is 2.58. The summed E-state index contributed by atoms with van der Waals surface area (Å²) in [7, 11) is 1.37. The molecule has 2 aromatic rings. The normalized spacial score (nSPS) is 11.8. The fourth-order valence-electron chi connectivity index (χ4n) is 1.66. The van der Waals surface area contributed by atoms with Gasteiger partial charge in [-0.1, -0.05) is 15.9 Å². The molecule has 1 heterocycles. The van der Waals surface area contributed by atoms with E-state index >= 15 is 0 Å². The molecule has 0 unspecified atom stereocenters. The number of imidazole rings is 1. The Hall–Kier alpha value is -0.920. The number of hydrogen-bond donors (Lipinski definition) is 0. The maximum absolute atomic E-state index is 13.3. The molecule has 0 aliphatic heterocycles. The van der Waals surface area contributed by atoms with E-state index in [1.54, 1.807) is 17.6 Å². The molecule has 0 atom stereocenters. The van der Waals surface area contributed by atoms with E-state index < -0.39 is 9.05 Å². The van der Waals surface area contributed by atoms with Gasteiger partial charge in [-0.2, -0.15) is 0 Å². The molecule has 0 N–H and O–H groups in total. The lowest BCUT2D eigenvalue weighted by Crippen LogP contribution is -2.01. The van der Waals surface area contributed by atoms with Crippen molar-refractivity contribution in [1.82, 2.24) is 9.55 Å². The summed E-state index contributed by atoms with van der Waals surface area (Å²) in [4.78, 5) is 3.86. The van der Waals surface area contributed by atoms with Gasteiger partial charge in [-0.05, 0) is 30.7 Å². The molecule has 0 aliphatic rings. The van der Waals surface area contributed by atoms with E-state index in [0.29, 0.717) is 22.4 Å². The number of halogens is 3. The molecule has 2 rings (SSSR count). The summed E-state index contributed by atoms with van der Waals surface area (Å²) in [5.41, 5.74) is 0.686. The second-order valence-electron chi connectivity index (χ2n) is 3.97. The Morgan fingerprint density at radius 2 is 2.11 bits per heavy atom. The van der Waals surface area contributed by atoms with E-state index in [9.17, 15) is 12.8 Å². The smallest absolute Gasteiger partial charge is 0.280 e. The van der Waals surface area contributed by atoms with E-state index in [0.717, 1.165) is 0 Å². The number of aromatic nitrogens is 2. The minimum absolute atomic E-state index is 0.206. The monoisotopic (exact) mass is 366 g/mol. The maximum atomic E-state index is 13.3. The van der Waals surface area contributed by atoms with Crippen LogP contribution in [-0.2, 0) is 15.6 Å². The van der Waals surface area contributed by atoms with E-state index in [2.05, 4.69) is 20.9 Å². The average molecular weight is 368 g/mol. The molecule has 0 saturated heterocycles. The molecule has 0 aliphatic carbocycles. The first-order valence-electron chi connectivity index (χ1n) is 5.19. The van der Waals surface area contributed by atoms with Crippen molar-refractivity contribution in [3.63, 3.8) is 0 Å². The van der Waals surface area contributed by atoms with E-state index in [1.807, 2.05) is 0 Å². The van der Waals surface area contributed by atoms with Crippen LogP contribution in [0.1, 0.15) is 11.4 Å². The summed E-state index contributed by atoms with van der Waals surface area (Å²) in [5, 5.41) is -0.206. The molecule has 0 saturated carbocycles. The van der Waals surface area contributed by atoms with Gasteiger partial charge in [0, 0.05) is 27.9 Å². The van der Waals surface area contributed by atoms with Crippen molar-refractivity contribution < 1.29 is 12.8 Å². The third-order valence-corrected chi connectivity index (χ3v) is 4.11. The zero-order valence-corrected chi connectivity index (χ0v) is 12.9. The van der Waals surface area contributed by atoms with Crippen LogP contribution < -0.4 is 0 Å². The minimum atomic E-state index is -3.86. The third kappa shape index (κ3) is 3.55. The predicted octanol–water partition coefficient (Wildman–Crippen LogP) is 3.07. The lowest BCUT2D eigenvalue weighted by Gasteiger charge is -2.05. The van der Waals surface area contributed by atoms with Crippen molar-refractivity contribution in [3.8, 4) is 0 Å². The Kier molecular flexibility index (Phi) is 3.98. The predicted molar refractivity (Wildman–Crippen MR) is 73.2 cm³/mol. The zero-order chi connectivity index (χ0) is 14.2. The lowest BCUT2D eigenvalue weighted by atomic mass is 10.2. The molecule has 1 aromatic carbocycles. The molecule has 19 heavy (non-hydrogen) atoms. The molecule has 0 radical (unpaired) electrons. The molecule has 8 heteroatoms. The van der Waals surface area contributed by atoms with Crippen molar-refractivity contribution in [1.29, 1.82) is 0 Å². The molecular formula is C11H9BrClFN2O2S. The largest absolute Gasteiger partial charge is 0.329 e. The van der Waals surface area contributed by atoms with Crippen LogP contribution in [0.4, 0.5) is 4.39 Å². The van der Waals surface area contributed by atoms with Crippen LogP contribution in [0.5, 0.6) is 0 Å². The van der Waals surface area contributed by atoms with Gasteiger partial charge in [0.15, 0.2) is 5.03 Å². The van der Waals surface area contributed by atoms with Crippen LogP contribution in [0.3, 0.4) is 0 Å². The van der Waals surface area contributed by atoms with Crippen molar-refractivity contribution in [2.75, 3.05) is 0 Å². The quantitative estimate of drug-likeness (QED) is 0.784. The van der Waals surface area contributed by atoms with Gasteiger partial charge in [0.05, 0.1) is 0 Å². The Bertz CT molecular complexity index is 710. The van der Waals surface area contributed by atoms with Crippen LogP contribution in [0, 0.1) is 12.7 Å². The first kappa shape index (κ1) is 14.5. The van der Waals surface area contributed by atoms with Crippen LogP contribution >= 0.6 is 26.6 Å². The second kappa shape index (κ2) is 5.22. The van der Waals surface area contributed by atoms with Crippen molar-refractivity contribution in [3.05, 3.63) is 46.1 Å². The molecular weight excluding hydrogens is 359 g/mol. The first-order chi connectivity index (χ1) is 8.75. The van der Waals surface area contributed by atoms with Gasteiger partial charge in [-0.25, -0.2) is 17.8 Å². The fourth-order valence-corrected chi connectivity index (χ4v) is 2.89. The van der Waals surface area contributed by atoms with Gasteiger partial charge in [0.2, 0.25) is 0 Å². The molecule has 0 spiro atoms. The fraction of sp³-hybridized carbons (Fsp3) is 0.182. The molecule has 4 nitrogen and oxygen atoms in total. The van der Waals surface area contributed by atoms with E-state index in [4.69, 9.17) is 10.7 Å². The number of aryl methyl sites for hydroxylation is 1. The van der Waals surface area contributed by atoms with Crippen molar-refractivity contribution in [2.45, 2.75) is 18.5 Å². The second-order valence-corrected chi connectivity index (χ2v) is 7.40. The molecule has 0 bridgehead atoms. The van der Waals surface area contributed by atoms with E-state index in [1.165, 1.54) is 18.3 Å². The van der Waals surface area contributed by atoms with Gasteiger partial charge < -0.3 is 4.57 Å². The number of hydrogen-bond acceptors (Lipinski definition) is 3. The summed E-state index contributed by atoms with van der Waals surface area (Å²) in [6, 6.07) is 4.47. The summed E-state index contributed by atoms with van der Waals surface area (Å²) < 4.78 is 37.8. The number of benzene rings is 1. The Labute approximate surface area is 122 Å². The van der Waals surface area contributed by atoms with Gasteiger partial charge in [0.1, 0.15) is 11.6 Å². The highest BCUT2D eigenvalue weighted by atomic mass is 79.9. The highest BCUT2D eigenvalue weighted by molar-refractivity contribution is 9.10. The standard InChI is InChI=1S/C11H9BrClFN2O2S/c1-7-15-11(19(13,17)18)6-16(7)5-8-2-9(12)4-10(14)3-8/h2-4,6H,5H2,1H3. The SMILES string of the molecule is Cc1nc(S(=O)(=O)Cl)cn1Cc1cc(F)cc(Br)c1. The Morgan fingerprint density at radius 3 is 2.63 bits per heavy atom. The summed E-state index contributed by atoms with van der Waals surface area (Å²) >= 11 is 3.20. The van der Waals surface area contributed by atoms with Crippen LogP contribution in [0.2, 0.25) is 0 Å². The highest BCUT2D eigenvalue weighted by Crippen LogP contribution is 2.18. The van der Waals surface area contributed by atoms with Gasteiger partial charge >= 0.3 is 0 Å². The summed E-state index contributed by atoms with van der Waals surface area (Å²) in [6.45, 7) is 1.96. The molecule has 1 aromatic heterocycles. The van der Waals surface area contributed by atoms with Crippen LogP contribution in [0.25, 0.3) is 0 Å². The molecule has 0 fully saturated rings. The minimum Gasteiger partial charge on any atom is -0.329 e.